The van der Waals surface area contributed by atoms with Crippen LogP contribution in [-0.2, 0) is 0 Å². The molecule has 0 radical (unpaired) electrons. The Labute approximate surface area is 80.2 Å². The number of hydrogen-bond acceptors (Lipinski definition) is 1. The topological polar surface area (TPSA) is 12.0 Å². The van der Waals surface area contributed by atoms with E-state index in [0.717, 1.165) is 18.4 Å². The summed E-state index contributed by atoms with van der Waals surface area (Å²) in [7, 11) is 0. The van der Waals surface area contributed by atoms with E-state index in [0.29, 0.717) is 6.04 Å². The Bertz CT molecular complexity index is 156. The number of halogens is 1. The van der Waals surface area contributed by atoms with Crippen LogP contribution in [0.2, 0.25) is 0 Å². The van der Waals surface area contributed by atoms with Gasteiger partial charge in [0.2, 0.25) is 0 Å². The lowest BCUT2D eigenvalue weighted by Crippen LogP contribution is -2.32. The molecule has 0 amide bonds. The molecule has 1 rings (SSSR count). The van der Waals surface area contributed by atoms with Gasteiger partial charge in [-0.25, -0.2) is 0 Å². The molecular formula is C10H18ClN. The Kier molecular flexibility index (Phi) is 4.10. The van der Waals surface area contributed by atoms with Crippen molar-refractivity contribution in [2.75, 3.05) is 6.54 Å². The van der Waals surface area contributed by atoms with Crippen LogP contribution >= 0.6 is 11.6 Å². The number of rotatable bonds is 3. The molecule has 2 heteroatoms. The predicted molar refractivity (Wildman–Crippen MR) is 54.3 cm³/mol. The smallest absolute Gasteiger partial charge is 0.0149 e. The van der Waals surface area contributed by atoms with E-state index < -0.39 is 0 Å². The third kappa shape index (κ3) is 2.49. The fourth-order valence-corrected chi connectivity index (χ4v) is 2.01. The van der Waals surface area contributed by atoms with Crippen molar-refractivity contribution in [2.45, 2.75) is 32.7 Å². The maximum absolute atomic E-state index is 5.43. The average molecular weight is 188 g/mol. The van der Waals surface area contributed by atoms with E-state index in [-0.39, 0.29) is 0 Å². The summed E-state index contributed by atoms with van der Waals surface area (Å²) < 4.78 is 0. The molecule has 0 aromatic rings. The number of nitrogens with one attached hydrogen (secondary N) is 1. The van der Waals surface area contributed by atoms with Crippen molar-refractivity contribution in [1.82, 2.24) is 5.32 Å². The van der Waals surface area contributed by atoms with Crippen LogP contribution in [0.25, 0.3) is 0 Å². The Morgan fingerprint density at radius 1 is 1.42 bits per heavy atom. The van der Waals surface area contributed by atoms with Gasteiger partial charge in [-0.15, -0.1) is 0 Å². The van der Waals surface area contributed by atoms with Gasteiger partial charge in [-0.05, 0) is 24.7 Å². The van der Waals surface area contributed by atoms with Crippen molar-refractivity contribution >= 4 is 11.6 Å². The van der Waals surface area contributed by atoms with Crippen molar-refractivity contribution in [3.8, 4) is 0 Å². The van der Waals surface area contributed by atoms with Gasteiger partial charge in [-0.2, -0.15) is 0 Å². The summed E-state index contributed by atoms with van der Waals surface area (Å²) in [6.07, 6.45) is 4.64. The van der Waals surface area contributed by atoms with Crippen LogP contribution in [-0.4, -0.2) is 12.6 Å². The normalized spacial score (nSPS) is 36.4. The molecule has 0 aliphatic heterocycles. The minimum atomic E-state index is 0.702. The van der Waals surface area contributed by atoms with Gasteiger partial charge in [0, 0.05) is 18.1 Å². The molecule has 70 valence electrons. The first kappa shape index (κ1) is 10.1. The molecule has 0 aromatic heterocycles. The molecule has 0 bridgehead atoms. The van der Waals surface area contributed by atoms with Crippen LogP contribution in [0.1, 0.15) is 26.7 Å². The lowest BCUT2D eigenvalue weighted by atomic mass is 9.98. The van der Waals surface area contributed by atoms with Crippen molar-refractivity contribution in [1.29, 1.82) is 0 Å². The van der Waals surface area contributed by atoms with Crippen molar-refractivity contribution < 1.29 is 0 Å². The summed E-state index contributed by atoms with van der Waals surface area (Å²) in [5.41, 5.74) is 1.58. The van der Waals surface area contributed by atoms with Gasteiger partial charge < -0.3 is 5.32 Å². The second kappa shape index (κ2) is 4.88. The minimum Gasteiger partial charge on any atom is -0.310 e. The monoisotopic (exact) mass is 187 g/mol. The molecule has 0 spiro atoms. The highest BCUT2D eigenvalue weighted by atomic mass is 35.5. The van der Waals surface area contributed by atoms with Crippen LogP contribution in [0.3, 0.4) is 0 Å². The molecule has 1 aliphatic carbocycles. The fraction of sp³-hybridized carbons (Fsp3) is 0.800. The van der Waals surface area contributed by atoms with Crippen LogP contribution < -0.4 is 5.32 Å². The SMILES string of the molecule is CC1CCC(NC/C=C/Cl)C1C. The van der Waals surface area contributed by atoms with Gasteiger partial charge in [0.15, 0.2) is 0 Å². The van der Waals surface area contributed by atoms with Gasteiger partial charge in [0.1, 0.15) is 0 Å². The second-order valence-electron chi connectivity index (χ2n) is 3.79. The highest BCUT2D eigenvalue weighted by Crippen LogP contribution is 2.30. The molecule has 0 aromatic carbocycles. The largest absolute Gasteiger partial charge is 0.310 e. The Morgan fingerprint density at radius 2 is 2.17 bits per heavy atom. The Morgan fingerprint density at radius 3 is 2.67 bits per heavy atom. The first-order valence-corrected chi connectivity index (χ1v) is 5.18. The maximum Gasteiger partial charge on any atom is 0.0149 e. The molecule has 0 heterocycles. The molecule has 1 saturated carbocycles. The van der Waals surface area contributed by atoms with Crippen molar-refractivity contribution in [2.24, 2.45) is 11.8 Å². The predicted octanol–water partition coefficient (Wildman–Crippen LogP) is 2.76. The Hall–Kier alpha value is -0.0100. The third-order valence-electron chi connectivity index (χ3n) is 3.05. The highest BCUT2D eigenvalue weighted by Gasteiger charge is 2.28. The number of hydrogen-bond donors (Lipinski definition) is 1. The Balaban J connectivity index is 2.24. The van der Waals surface area contributed by atoms with Crippen molar-refractivity contribution in [3.63, 3.8) is 0 Å². The van der Waals surface area contributed by atoms with E-state index in [2.05, 4.69) is 19.2 Å². The van der Waals surface area contributed by atoms with Gasteiger partial charge in [-0.1, -0.05) is 31.5 Å². The first-order chi connectivity index (χ1) is 5.75. The quantitative estimate of drug-likeness (QED) is 0.717. The molecule has 1 aliphatic rings. The van der Waals surface area contributed by atoms with Crippen LogP contribution in [0.5, 0.6) is 0 Å². The first-order valence-electron chi connectivity index (χ1n) is 4.74. The van der Waals surface area contributed by atoms with Crippen LogP contribution in [0.4, 0.5) is 0 Å². The summed E-state index contributed by atoms with van der Waals surface area (Å²) in [5.74, 6) is 1.69. The summed E-state index contributed by atoms with van der Waals surface area (Å²) in [4.78, 5) is 0. The molecule has 3 unspecified atom stereocenters. The summed E-state index contributed by atoms with van der Waals surface area (Å²) in [5, 5.41) is 3.49. The lowest BCUT2D eigenvalue weighted by Gasteiger charge is -2.18. The molecule has 12 heavy (non-hydrogen) atoms. The molecule has 0 saturated heterocycles. The van der Waals surface area contributed by atoms with E-state index >= 15 is 0 Å². The lowest BCUT2D eigenvalue weighted by molar-refractivity contribution is 0.380. The minimum absolute atomic E-state index is 0.702. The fourth-order valence-electron chi connectivity index (χ4n) is 1.92. The van der Waals surface area contributed by atoms with E-state index in [4.69, 9.17) is 11.6 Å². The van der Waals surface area contributed by atoms with E-state index in [1.807, 2.05) is 6.08 Å². The standard InChI is InChI=1S/C10H18ClN/c1-8-4-5-10(9(8)2)12-7-3-6-11/h3,6,8-10,12H,4-5,7H2,1-2H3/b6-3+. The van der Waals surface area contributed by atoms with Gasteiger partial charge in [-0.3, -0.25) is 0 Å². The van der Waals surface area contributed by atoms with Gasteiger partial charge >= 0.3 is 0 Å². The molecular weight excluding hydrogens is 170 g/mol. The van der Waals surface area contributed by atoms with Gasteiger partial charge in [0.05, 0.1) is 0 Å². The van der Waals surface area contributed by atoms with Crippen LogP contribution in [0, 0.1) is 11.8 Å². The molecule has 1 fully saturated rings. The zero-order valence-electron chi connectivity index (χ0n) is 7.89. The summed E-state index contributed by atoms with van der Waals surface area (Å²) in [6, 6.07) is 0.702. The third-order valence-corrected chi connectivity index (χ3v) is 3.23. The van der Waals surface area contributed by atoms with E-state index in [1.165, 1.54) is 12.8 Å². The highest BCUT2D eigenvalue weighted by molar-refractivity contribution is 6.25. The summed E-state index contributed by atoms with van der Waals surface area (Å²) >= 11 is 5.43. The van der Waals surface area contributed by atoms with E-state index in [1.54, 1.807) is 5.54 Å². The summed E-state index contributed by atoms with van der Waals surface area (Å²) in [6.45, 7) is 5.58. The average Bonchev–Trinajstić information content (AvgIpc) is 2.36. The molecule has 1 nitrogen and oxygen atoms in total. The van der Waals surface area contributed by atoms with Crippen LogP contribution in [0.15, 0.2) is 11.6 Å². The zero-order chi connectivity index (χ0) is 8.97. The van der Waals surface area contributed by atoms with E-state index in [9.17, 15) is 0 Å². The maximum atomic E-state index is 5.43. The zero-order valence-corrected chi connectivity index (χ0v) is 8.64. The molecule has 3 atom stereocenters. The van der Waals surface area contributed by atoms with Gasteiger partial charge in [0.25, 0.3) is 0 Å². The second-order valence-corrected chi connectivity index (χ2v) is 4.04. The molecule has 1 N–H and O–H groups in total. The van der Waals surface area contributed by atoms with Crippen molar-refractivity contribution in [3.05, 3.63) is 11.6 Å².